The van der Waals surface area contributed by atoms with Gasteiger partial charge in [-0.3, -0.25) is 0 Å². The van der Waals surface area contributed by atoms with Gasteiger partial charge in [0.05, 0.1) is 17.7 Å². The van der Waals surface area contributed by atoms with Crippen LogP contribution in [0.2, 0.25) is 5.02 Å². The second kappa shape index (κ2) is 5.69. The Bertz CT molecular complexity index is 507. The van der Waals surface area contributed by atoms with Crippen molar-refractivity contribution in [2.75, 3.05) is 6.61 Å². The fourth-order valence-electron chi connectivity index (χ4n) is 1.69. The van der Waals surface area contributed by atoms with E-state index in [1.54, 1.807) is 24.3 Å². The molecule has 18 heavy (non-hydrogen) atoms. The van der Waals surface area contributed by atoms with Crippen LogP contribution in [0, 0.1) is 5.82 Å². The van der Waals surface area contributed by atoms with E-state index >= 15 is 0 Å². The smallest absolute Gasteiger partial charge is 0.173 e. The third-order valence-electron chi connectivity index (χ3n) is 2.57. The molecule has 2 rings (SSSR count). The summed E-state index contributed by atoms with van der Waals surface area (Å²) in [6.07, 6.45) is 0. The molecule has 0 saturated carbocycles. The van der Waals surface area contributed by atoms with Crippen LogP contribution < -0.4 is 10.5 Å². The summed E-state index contributed by atoms with van der Waals surface area (Å²) in [5.74, 6) is -0.398. The van der Waals surface area contributed by atoms with Crippen molar-refractivity contribution in [2.45, 2.75) is 13.0 Å². The van der Waals surface area contributed by atoms with E-state index in [1.807, 2.05) is 16.8 Å². The Morgan fingerprint density at radius 2 is 2.22 bits per heavy atom. The summed E-state index contributed by atoms with van der Waals surface area (Å²) in [6.45, 7) is 2.15. The van der Waals surface area contributed by atoms with E-state index in [0.29, 0.717) is 12.2 Å². The summed E-state index contributed by atoms with van der Waals surface area (Å²) in [7, 11) is 0. The molecule has 5 heteroatoms. The lowest BCUT2D eigenvalue weighted by molar-refractivity contribution is 0.321. The average Bonchev–Trinajstić information content (AvgIpc) is 2.86. The highest BCUT2D eigenvalue weighted by atomic mass is 35.5. The zero-order valence-electron chi connectivity index (χ0n) is 9.82. The molecule has 0 saturated heterocycles. The number of nitrogens with two attached hydrogens (primary N) is 1. The van der Waals surface area contributed by atoms with Gasteiger partial charge < -0.3 is 10.5 Å². The summed E-state index contributed by atoms with van der Waals surface area (Å²) in [5, 5.41) is 4.12. The minimum Gasteiger partial charge on any atom is -0.489 e. The van der Waals surface area contributed by atoms with Crippen LogP contribution in [-0.2, 0) is 0 Å². The topological polar surface area (TPSA) is 35.2 Å². The van der Waals surface area contributed by atoms with Gasteiger partial charge in [0.15, 0.2) is 11.6 Å². The van der Waals surface area contributed by atoms with Crippen LogP contribution in [0.5, 0.6) is 5.75 Å². The minimum absolute atomic E-state index is 0.0837. The maximum absolute atomic E-state index is 13.8. The highest BCUT2D eigenvalue weighted by Crippen LogP contribution is 2.32. The van der Waals surface area contributed by atoms with Crippen LogP contribution in [0.3, 0.4) is 0 Å². The van der Waals surface area contributed by atoms with Crippen molar-refractivity contribution in [1.29, 1.82) is 0 Å². The quantitative estimate of drug-likeness (QED) is 0.922. The standard InChI is InChI=1S/C13H13ClFNOS/c1-2-17-13-10(14)5-9(6-11(13)15)12(16)8-3-4-18-7-8/h3-7,12H,2,16H2,1H3/t12-/m0/s1. The van der Waals surface area contributed by atoms with Crippen molar-refractivity contribution in [3.8, 4) is 5.75 Å². The van der Waals surface area contributed by atoms with Crippen molar-refractivity contribution in [2.24, 2.45) is 5.73 Å². The van der Waals surface area contributed by atoms with E-state index < -0.39 is 5.82 Å². The third kappa shape index (κ3) is 2.66. The molecule has 0 fully saturated rings. The number of benzene rings is 1. The molecular weight excluding hydrogens is 273 g/mol. The van der Waals surface area contributed by atoms with Gasteiger partial charge in [0.25, 0.3) is 0 Å². The first-order valence-electron chi connectivity index (χ1n) is 5.53. The van der Waals surface area contributed by atoms with Crippen LogP contribution in [0.15, 0.2) is 29.0 Å². The number of hydrogen-bond acceptors (Lipinski definition) is 3. The van der Waals surface area contributed by atoms with Gasteiger partial charge in [0.1, 0.15) is 0 Å². The Labute approximate surface area is 114 Å². The van der Waals surface area contributed by atoms with E-state index in [1.165, 1.54) is 6.07 Å². The molecule has 2 aromatic rings. The van der Waals surface area contributed by atoms with Crippen LogP contribution in [0.1, 0.15) is 24.1 Å². The van der Waals surface area contributed by atoms with Crippen LogP contribution in [0.4, 0.5) is 4.39 Å². The molecule has 0 aliphatic rings. The minimum atomic E-state index is -0.481. The molecule has 2 N–H and O–H groups in total. The highest BCUT2D eigenvalue weighted by molar-refractivity contribution is 7.08. The summed E-state index contributed by atoms with van der Waals surface area (Å²) < 4.78 is 19.0. The predicted molar refractivity (Wildman–Crippen MR) is 72.9 cm³/mol. The van der Waals surface area contributed by atoms with Gasteiger partial charge in [-0.2, -0.15) is 11.3 Å². The van der Waals surface area contributed by atoms with Crippen molar-refractivity contribution in [1.82, 2.24) is 0 Å². The van der Waals surface area contributed by atoms with Crippen molar-refractivity contribution >= 4 is 22.9 Å². The largest absolute Gasteiger partial charge is 0.489 e. The number of halogens is 2. The van der Waals surface area contributed by atoms with E-state index in [0.717, 1.165) is 5.56 Å². The molecule has 0 aliphatic heterocycles. The second-order valence-corrected chi connectivity index (χ2v) is 4.97. The van der Waals surface area contributed by atoms with Gasteiger partial charge in [-0.05, 0) is 47.0 Å². The second-order valence-electron chi connectivity index (χ2n) is 3.78. The van der Waals surface area contributed by atoms with Crippen molar-refractivity contribution in [3.05, 3.63) is 50.9 Å². The fraction of sp³-hybridized carbons (Fsp3) is 0.231. The molecular formula is C13H13ClFNOS. The molecule has 2 nitrogen and oxygen atoms in total. The van der Waals surface area contributed by atoms with Gasteiger partial charge in [0, 0.05) is 0 Å². The number of rotatable bonds is 4. The van der Waals surface area contributed by atoms with E-state index in [-0.39, 0.29) is 16.8 Å². The Balaban J connectivity index is 2.36. The summed E-state index contributed by atoms with van der Waals surface area (Å²) in [5.41, 5.74) is 7.65. The SMILES string of the molecule is CCOc1c(F)cc([C@@H](N)c2ccsc2)cc1Cl. The van der Waals surface area contributed by atoms with Gasteiger partial charge in [-0.1, -0.05) is 11.6 Å². The Morgan fingerprint density at radius 3 is 2.78 bits per heavy atom. The fourth-order valence-corrected chi connectivity index (χ4v) is 2.65. The number of thiophene rings is 1. The van der Waals surface area contributed by atoms with Crippen LogP contribution >= 0.6 is 22.9 Å². The Morgan fingerprint density at radius 1 is 1.44 bits per heavy atom. The normalized spacial score (nSPS) is 12.4. The molecule has 0 amide bonds. The van der Waals surface area contributed by atoms with Gasteiger partial charge >= 0.3 is 0 Å². The highest BCUT2D eigenvalue weighted by Gasteiger charge is 2.16. The lowest BCUT2D eigenvalue weighted by atomic mass is 10.0. The summed E-state index contributed by atoms with van der Waals surface area (Å²) >= 11 is 7.55. The van der Waals surface area contributed by atoms with Gasteiger partial charge in [0.2, 0.25) is 0 Å². The molecule has 1 aromatic carbocycles. The molecule has 1 atom stereocenters. The number of hydrogen-bond donors (Lipinski definition) is 1. The first-order valence-corrected chi connectivity index (χ1v) is 6.85. The van der Waals surface area contributed by atoms with Crippen LogP contribution in [0.25, 0.3) is 0 Å². The third-order valence-corrected chi connectivity index (χ3v) is 3.55. The molecule has 0 unspecified atom stereocenters. The lowest BCUT2D eigenvalue weighted by Crippen LogP contribution is -2.11. The zero-order chi connectivity index (χ0) is 13.1. The first-order chi connectivity index (χ1) is 8.63. The van der Waals surface area contributed by atoms with E-state index in [4.69, 9.17) is 22.1 Å². The van der Waals surface area contributed by atoms with E-state index in [2.05, 4.69) is 0 Å². The van der Waals surface area contributed by atoms with Crippen molar-refractivity contribution in [3.63, 3.8) is 0 Å². The molecule has 96 valence electrons. The molecule has 1 heterocycles. The lowest BCUT2D eigenvalue weighted by Gasteiger charge is -2.14. The first kappa shape index (κ1) is 13.3. The number of ether oxygens (including phenoxy) is 1. The molecule has 0 bridgehead atoms. The Hall–Kier alpha value is -1.10. The molecule has 0 spiro atoms. The maximum Gasteiger partial charge on any atom is 0.173 e. The summed E-state index contributed by atoms with van der Waals surface area (Å²) in [4.78, 5) is 0. The maximum atomic E-state index is 13.8. The van der Waals surface area contributed by atoms with Gasteiger partial charge in [-0.15, -0.1) is 0 Å². The van der Waals surface area contributed by atoms with Gasteiger partial charge in [-0.25, -0.2) is 4.39 Å². The Kier molecular flexibility index (Phi) is 4.22. The molecule has 1 aromatic heterocycles. The summed E-state index contributed by atoms with van der Waals surface area (Å²) in [6, 6.07) is 4.56. The molecule has 0 aliphatic carbocycles. The molecule has 0 radical (unpaired) electrons. The average molecular weight is 286 g/mol. The van der Waals surface area contributed by atoms with Crippen LogP contribution in [-0.4, -0.2) is 6.61 Å². The predicted octanol–water partition coefficient (Wildman–Crippen LogP) is 3.99. The zero-order valence-corrected chi connectivity index (χ0v) is 11.4. The van der Waals surface area contributed by atoms with Crippen molar-refractivity contribution < 1.29 is 9.13 Å². The monoisotopic (exact) mass is 285 g/mol. The van der Waals surface area contributed by atoms with E-state index in [9.17, 15) is 4.39 Å².